The van der Waals surface area contributed by atoms with Crippen molar-refractivity contribution in [3.63, 3.8) is 0 Å². The highest BCUT2D eigenvalue weighted by molar-refractivity contribution is 6.64. The van der Waals surface area contributed by atoms with Crippen LogP contribution in [0.25, 0.3) is 0 Å². The Hall–Kier alpha value is -0.960. The van der Waals surface area contributed by atoms with E-state index < -0.39 is 0 Å². The second kappa shape index (κ2) is 2.27. The first-order chi connectivity index (χ1) is 5.27. The molecule has 2 aliphatic rings. The Balaban J connectivity index is 2.34. The third kappa shape index (κ3) is 1.01. The molecule has 0 radical (unpaired) electrons. The summed E-state index contributed by atoms with van der Waals surface area (Å²) in [5.41, 5.74) is 1.10. The molecule has 0 aromatic heterocycles. The Kier molecular flexibility index (Phi) is 1.39. The minimum absolute atomic E-state index is 0.537. The number of fused-ring (bicyclic) bond motifs is 1. The minimum Gasteiger partial charge on any atom is -0.310 e. The topological polar surface area (TPSA) is 18.8 Å². The Morgan fingerprint density at radius 2 is 2.45 bits per heavy atom. The van der Waals surface area contributed by atoms with E-state index in [0.29, 0.717) is 5.29 Å². The molecule has 2 rings (SSSR count). The van der Waals surface area contributed by atoms with E-state index in [1.54, 1.807) is 5.01 Å². The highest BCUT2D eigenvalue weighted by Gasteiger charge is 2.19. The molecule has 4 heteroatoms. The van der Waals surface area contributed by atoms with Crippen LogP contribution in [0.2, 0.25) is 0 Å². The van der Waals surface area contributed by atoms with Crippen LogP contribution in [0.3, 0.4) is 0 Å². The normalized spacial score (nSPS) is 21.6. The summed E-state index contributed by atoms with van der Waals surface area (Å²) in [5, 5.41) is 6.30. The van der Waals surface area contributed by atoms with Gasteiger partial charge in [-0.15, -0.1) is 5.10 Å². The maximum atomic E-state index is 5.87. The maximum Gasteiger partial charge on any atom is 0.222 e. The quantitative estimate of drug-likeness (QED) is 0.507. The highest BCUT2D eigenvalue weighted by atomic mass is 35.5. The first kappa shape index (κ1) is 6.73. The van der Waals surface area contributed by atoms with E-state index in [-0.39, 0.29) is 0 Å². The van der Waals surface area contributed by atoms with Crippen LogP contribution in [0.1, 0.15) is 0 Å². The molecule has 0 unspecified atom stereocenters. The van der Waals surface area contributed by atoms with E-state index in [1.807, 2.05) is 24.2 Å². The van der Waals surface area contributed by atoms with Gasteiger partial charge in [-0.3, -0.25) is 5.01 Å². The number of amidine groups is 1. The summed E-state index contributed by atoms with van der Waals surface area (Å²) in [6, 6.07) is 0. The Morgan fingerprint density at radius 1 is 1.64 bits per heavy atom. The molecular weight excluding hydrogens is 162 g/mol. The molecule has 11 heavy (non-hydrogen) atoms. The third-order valence-electron chi connectivity index (χ3n) is 1.67. The van der Waals surface area contributed by atoms with Crippen molar-refractivity contribution in [2.45, 2.75) is 0 Å². The summed E-state index contributed by atoms with van der Waals surface area (Å²) in [6.07, 6.45) is 6.03. The number of nitrogens with zero attached hydrogens (tertiary/aromatic N) is 3. The van der Waals surface area contributed by atoms with Crippen LogP contribution in [0.15, 0.2) is 29.2 Å². The first-order valence-corrected chi connectivity index (χ1v) is 3.78. The summed E-state index contributed by atoms with van der Waals surface area (Å²) in [7, 11) is 1.86. The number of halogens is 1. The molecule has 0 N–H and O–H groups in total. The Morgan fingerprint density at radius 3 is 3.27 bits per heavy atom. The zero-order valence-corrected chi connectivity index (χ0v) is 6.91. The van der Waals surface area contributed by atoms with Gasteiger partial charge < -0.3 is 4.90 Å². The van der Waals surface area contributed by atoms with Crippen molar-refractivity contribution in [3.05, 3.63) is 24.0 Å². The van der Waals surface area contributed by atoms with Gasteiger partial charge in [-0.05, 0) is 17.7 Å². The third-order valence-corrected chi connectivity index (χ3v) is 1.95. The molecule has 0 aromatic carbocycles. The lowest BCUT2D eigenvalue weighted by atomic mass is 10.4. The van der Waals surface area contributed by atoms with Crippen molar-refractivity contribution in [3.8, 4) is 0 Å². The molecule has 0 aromatic rings. The minimum atomic E-state index is 0.537. The number of hydrazone groups is 1. The molecule has 58 valence electrons. The van der Waals surface area contributed by atoms with E-state index in [1.165, 1.54) is 0 Å². The van der Waals surface area contributed by atoms with E-state index >= 15 is 0 Å². The van der Waals surface area contributed by atoms with Crippen molar-refractivity contribution in [1.29, 1.82) is 0 Å². The van der Waals surface area contributed by atoms with Crippen molar-refractivity contribution in [1.82, 2.24) is 9.91 Å². The fourth-order valence-corrected chi connectivity index (χ4v) is 1.46. The van der Waals surface area contributed by atoms with Crippen LogP contribution in [0.5, 0.6) is 0 Å². The molecule has 0 atom stereocenters. The molecule has 0 saturated heterocycles. The van der Waals surface area contributed by atoms with Gasteiger partial charge in [-0.2, -0.15) is 0 Å². The Labute approximate surface area is 70.2 Å². The van der Waals surface area contributed by atoms with Gasteiger partial charge in [-0.25, -0.2) is 0 Å². The second-order valence-corrected chi connectivity index (χ2v) is 2.85. The predicted octanol–water partition coefficient (Wildman–Crippen LogP) is 1.15. The standard InChI is InChI=1S/C7H8ClN3/c1-10-5-6-3-2-4-11(6)7(8)9-10/h2-3,5H,4H2,1H3. The fourth-order valence-electron chi connectivity index (χ4n) is 1.17. The summed E-state index contributed by atoms with van der Waals surface area (Å²) in [6.45, 7) is 0.835. The van der Waals surface area contributed by atoms with Gasteiger partial charge in [0.05, 0.1) is 5.70 Å². The van der Waals surface area contributed by atoms with Crippen molar-refractivity contribution >= 4 is 16.9 Å². The maximum absolute atomic E-state index is 5.87. The van der Waals surface area contributed by atoms with Gasteiger partial charge in [0.15, 0.2) is 0 Å². The van der Waals surface area contributed by atoms with Crippen LogP contribution >= 0.6 is 11.6 Å². The molecule has 2 aliphatic heterocycles. The molecule has 0 saturated carbocycles. The fraction of sp³-hybridized carbons (Fsp3) is 0.286. The lowest BCUT2D eigenvalue weighted by Gasteiger charge is -2.24. The number of hydrogen-bond donors (Lipinski definition) is 0. The summed E-state index contributed by atoms with van der Waals surface area (Å²) >= 11 is 5.87. The molecule has 0 fully saturated rings. The SMILES string of the molecule is CN1C=C2C=CCN2C(Cl)=N1. The zero-order valence-electron chi connectivity index (χ0n) is 6.16. The van der Waals surface area contributed by atoms with E-state index in [2.05, 4.69) is 11.2 Å². The number of allylic oxidation sites excluding steroid dienone is 1. The molecule has 0 amide bonds. The highest BCUT2D eigenvalue weighted by Crippen LogP contribution is 2.20. The van der Waals surface area contributed by atoms with Gasteiger partial charge in [-0.1, -0.05) is 6.08 Å². The largest absolute Gasteiger partial charge is 0.310 e. The summed E-state index contributed by atoms with van der Waals surface area (Å²) in [4.78, 5) is 1.95. The lowest BCUT2D eigenvalue weighted by molar-refractivity contribution is 0.434. The molecule has 2 heterocycles. The van der Waals surface area contributed by atoms with E-state index in [0.717, 1.165) is 12.2 Å². The average molecular weight is 170 g/mol. The van der Waals surface area contributed by atoms with Gasteiger partial charge in [0.25, 0.3) is 0 Å². The smallest absolute Gasteiger partial charge is 0.222 e. The van der Waals surface area contributed by atoms with Crippen molar-refractivity contribution in [2.24, 2.45) is 5.10 Å². The van der Waals surface area contributed by atoms with Crippen LogP contribution in [-0.2, 0) is 0 Å². The van der Waals surface area contributed by atoms with Crippen molar-refractivity contribution < 1.29 is 0 Å². The number of rotatable bonds is 0. The van der Waals surface area contributed by atoms with Gasteiger partial charge in [0, 0.05) is 19.8 Å². The van der Waals surface area contributed by atoms with Gasteiger partial charge in [0.2, 0.25) is 5.29 Å². The Bertz CT molecular complexity index is 267. The first-order valence-electron chi connectivity index (χ1n) is 3.40. The lowest BCUT2D eigenvalue weighted by Crippen LogP contribution is -2.29. The molecule has 0 spiro atoms. The van der Waals surface area contributed by atoms with Crippen LogP contribution in [0.4, 0.5) is 0 Å². The zero-order chi connectivity index (χ0) is 7.84. The van der Waals surface area contributed by atoms with E-state index in [4.69, 9.17) is 11.6 Å². The average Bonchev–Trinajstić information content (AvgIpc) is 2.34. The summed E-state index contributed by atoms with van der Waals surface area (Å²) < 4.78 is 0. The van der Waals surface area contributed by atoms with Crippen molar-refractivity contribution in [2.75, 3.05) is 13.6 Å². The molecule has 0 bridgehead atoms. The second-order valence-electron chi connectivity index (χ2n) is 2.51. The monoisotopic (exact) mass is 169 g/mol. The van der Waals surface area contributed by atoms with E-state index in [9.17, 15) is 0 Å². The molecular formula is C7H8ClN3. The number of hydrogen-bond acceptors (Lipinski definition) is 3. The van der Waals surface area contributed by atoms with Crippen LogP contribution < -0.4 is 0 Å². The predicted molar refractivity (Wildman–Crippen MR) is 45.0 cm³/mol. The summed E-state index contributed by atoms with van der Waals surface area (Å²) in [5.74, 6) is 0. The van der Waals surface area contributed by atoms with Crippen LogP contribution in [0, 0.1) is 0 Å². The molecule has 3 nitrogen and oxygen atoms in total. The van der Waals surface area contributed by atoms with Gasteiger partial charge >= 0.3 is 0 Å². The van der Waals surface area contributed by atoms with Crippen LogP contribution in [-0.4, -0.2) is 28.8 Å². The van der Waals surface area contributed by atoms with Gasteiger partial charge in [0.1, 0.15) is 0 Å². The molecule has 0 aliphatic carbocycles.